The molecule has 1 rings (SSSR count). The molecule has 98 valence electrons. The fourth-order valence-corrected chi connectivity index (χ4v) is 1.72. The maximum absolute atomic E-state index is 11.8. The van der Waals surface area contributed by atoms with Crippen LogP contribution in [-0.4, -0.2) is 25.5 Å². The van der Waals surface area contributed by atoms with Gasteiger partial charge in [-0.25, -0.2) is 0 Å². The molecule has 0 aliphatic carbocycles. The summed E-state index contributed by atoms with van der Waals surface area (Å²) in [5.74, 6) is -0.360. The number of ether oxygens (including phenoxy) is 1. The van der Waals surface area contributed by atoms with Gasteiger partial charge in [-0.3, -0.25) is 9.59 Å². The predicted molar refractivity (Wildman–Crippen MR) is 71.9 cm³/mol. The van der Waals surface area contributed by atoms with Crippen LogP contribution >= 0.6 is 12.6 Å². The number of thiol groups is 1. The van der Waals surface area contributed by atoms with Crippen molar-refractivity contribution in [2.45, 2.75) is 24.2 Å². The van der Waals surface area contributed by atoms with Crippen LogP contribution in [0.5, 0.6) is 0 Å². The lowest BCUT2D eigenvalue weighted by Crippen LogP contribution is -2.24. The van der Waals surface area contributed by atoms with Crippen LogP contribution in [-0.2, 0) is 9.53 Å². The Bertz CT molecular complexity index is 420. The van der Waals surface area contributed by atoms with Gasteiger partial charge in [-0.15, -0.1) is 12.6 Å². The zero-order valence-electron chi connectivity index (χ0n) is 10.3. The van der Waals surface area contributed by atoms with Crippen molar-refractivity contribution < 1.29 is 14.3 Å². The van der Waals surface area contributed by atoms with Gasteiger partial charge in [0.2, 0.25) is 0 Å². The monoisotopic (exact) mass is 267 g/mol. The maximum atomic E-state index is 11.8. The van der Waals surface area contributed by atoms with E-state index in [0.29, 0.717) is 29.8 Å². The molecule has 4 nitrogen and oxygen atoms in total. The second-order valence-corrected chi connectivity index (χ2v) is 4.29. The van der Waals surface area contributed by atoms with Crippen molar-refractivity contribution in [3.05, 3.63) is 29.8 Å². The third kappa shape index (κ3) is 4.79. The molecule has 0 atom stereocenters. The summed E-state index contributed by atoms with van der Waals surface area (Å²) >= 11 is 4.22. The average molecular weight is 267 g/mol. The molecule has 1 amide bonds. The summed E-state index contributed by atoms with van der Waals surface area (Å²) in [4.78, 5) is 23.3. The predicted octanol–water partition coefficient (Wildman–Crippen LogP) is 2.05. The molecule has 0 heterocycles. The second-order valence-electron chi connectivity index (χ2n) is 3.81. The highest BCUT2D eigenvalue weighted by Crippen LogP contribution is 2.12. The summed E-state index contributed by atoms with van der Waals surface area (Å²) in [6, 6.07) is 7.13. The van der Waals surface area contributed by atoms with Gasteiger partial charge >= 0.3 is 5.97 Å². The van der Waals surface area contributed by atoms with Crippen LogP contribution in [0.25, 0.3) is 0 Å². The topological polar surface area (TPSA) is 55.4 Å². The second kappa shape index (κ2) is 7.76. The lowest BCUT2D eigenvalue weighted by atomic mass is 10.2. The Morgan fingerprint density at radius 2 is 2.00 bits per heavy atom. The first-order valence-corrected chi connectivity index (χ1v) is 6.23. The normalized spacial score (nSPS) is 9.89. The van der Waals surface area contributed by atoms with Crippen LogP contribution in [0.15, 0.2) is 29.2 Å². The number of esters is 1. The van der Waals surface area contributed by atoms with E-state index < -0.39 is 0 Å². The summed E-state index contributed by atoms with van der Waals surface area (Å²) in [7, 11) is 1.37. The zero-order chi connectivity index (χ0) is 13.4. The summed E-state index contributed by atoms with van der Waals surface area (Å²) < 4.78 is 4.53. The summed E-state index contributed by atoms with van der Waals surface area (Å²) in [5.41, 5.74) is 0.564. The molecule has 5 heteroatoms. The third-order valence-corrected chi connectivity index (χ3v) is 2.86. The first-order chi connectivity index (χ1) is 8.65. The molecular formula is C13H17NO3S. The number of benzene rings is 1. The number of nitrogens with one attached hydrogen (secondary N) is 1. The van der Waals surface area contributed by atoms with Crippen molar-refractivity contribution in [1.29, 1.82) is 0 Å². The summed E-state index contributed by atoms with van der Waals surface area (Å²) in [6.45, 7) is 0.540. The Labute approximate surface area is 112 Å². The van der Waals surface area contributed by atoms with Crippen LogP contribution in [0.2, 0.25) is 0 Å². The van der Waals surface area contributed by atoms with E-state index in [1.54, 1.807) is 18.2 Å². The highest BCUT2D eigenvalue weighted by molar-refractivity contribution is 7.80. The van der Waals surface area contributed by atoms with Crippen LogP contribution < -0.4 is 5.32 Å². The van der Waals surface area contributed by atoms with Crippen LogP contribution in [0, 0.1) is 0 Å². The first-order valence-electron chi connectivity index (χ1n) is 5.78. The highest BCUT2D eigenvalue weighted by Gasteiger charge is 2.07. The minimum absolute atomic E-state index is 0.140. The van der Waals surface area contributed by atoms with E-state index >= 15 is 0 Å². The third-order valence-electron chi connectivity index (χ3n) is 2.47. The van der Waals surface area contributed by atoms with E-state index in [1.165, 1.54) is 7.11 Å². The van der Waals surface area contributed by atoms with Gasteiger partial charge < -0.3 is 10.1 Å². The Kier molecular flexibility index (Phi) is 6.28. The number of amides is 1. The zero-order valence-corrected chi connectivity index (χ0v) is 11.2. The Balaban J connectivity index is 2.26. The van der Waals surface area contributed by atoms with Crippen molar-refractivity contribution in [2.24, 2.45) is 0 Å². The van der Waals surface area contributed by atoms with Crippen molar-refractivity contribution >= 4 is 24.5 Å². The quantitative estimate of drug-likeness (QED) is 0.471. The SMILES string of the molecule is COC(=O)CCCCNC(=O)c1ccccc1S. The number of carbonyl (C=O) groups excluding carboxylic acids is 2. The van der Waals surface area contributed by atoms with Gasteiger partial charge in [0.1, 0.15) is 0 Å². The van der Waals surface area contributed by atoms with Gasteiger partial charge in [-0.2, -0.15) is 0 Å². The molecule has 0 radical (unpaired) electrons. The van der Waals surface area contributed by atoms with Crippen molar-refractivity contribution in [2.75, 3.05) is 13.7 Å². The molecule has 0 unspecified atom stereocenters. The summed E-state index contributed by atoms with van der Waals surface area (Å²) in [6.07, 6.45) is 1.83. The van der Waals surface area contributed by atoms with Gasteiger partial charge in [0.05, 0.1) is 12.7 Å². The van der Waals surface area contributed by atoms with E-state index in [0.717, 1.165) is 6.42 Å². The molecule has 1 aromatic rings. The van der Waals surface area contributed by atoms with Gasteiger partial charge in [-0.05, 0) is 25.0 Å². The fraction of sp³-hybridized carbons (Fsp3) is 0.385. The Morgan fingerprint density at radius 1 is 1.28 bits per heavy atom. The van der Waals surface area contributed by atoms with Crippen molar-refractivity contribution in [1.82, 2.24) is 5.32 Å². The minimum atomic E-state index is -0.220. The molecule has 1 N–H and O–H groups in total. The maximum Gasteiger partial charge on any atom is 0.305 e. The molecule has 0 aliphatic rings. The average Bonchev–Trinajstić information content (AvgIpc) is 2.38. The summed E-state index contributed by atoms with van der Waals surface area (Å²) in [5, 5.41) is 2.79. The molecule has 0 bridgehead atoms. The van der Waals surface area contributed by atoms with Crippen LogP contribution in [0.4, 0.5) is 0 Å². The molecular weight excluding hydrogens is 250 g/mol. The largest absolute Gasteiger partial charge is 0.469 e. The molecule has 0 saturated carbocycles. The molecule has 1 aromatic carbocycles. The fourth-order valence-electron chi connectivity index (χ4n) is 1.46. The van der Waals surface area contributed by atoms with E-state index in [4.69, 9.17) is 0 Å². The van der Waals surface area contributed by atoms with E-state index in [2.05, 4.69) is 22.7 Å². The van der Waals surface area contributed by atoms with E-state index in [-0.39, 0.29) is 11.9 Å². The first kappa shape index (κ1) is 14.6. The number of carbonyl (C=O) groups is 2. The van der Waals surface area contributed by atoms with Gasteiger partial charge in [0.25, 0.3) is 5.91 Å². The van der Waals surface area contributed by atoms with Crippen molar-refractivity contribution in [3.8, 4) is 0 Å². The lowest BCUT2D eigenvalue weighted by Gasteiger charge is -2.06. The Hall–Kier alpha value is -1.49. The highest BCUT2D eigenvalue weighted by atomic mass is 32.1. The number of unbranched alkanes of at least 4 members (excludes halogenated alkanes) is 1. The number of rotatable bonds is 6. The van der Waals surface area contributed by atoms with Crippen molar-refractivity contribution in [3.63, 3.8) is 0 Å². The lowest BCUT2D eigenvalue weighted by molar-refractivity contribution is -0.140. The van der Waals surface area contributed by atoms with Gasteiger partial charge in [0.15, 0.2) is 0 Å². The minimum Gasteiger partial charge on any atom is -0.469 e. The smallest absolute Gasteiger partial charge is 0.305 e. The molecule has 0 spiro atoms. The van der Waals surface area contributed by atoms with Gasteiger partial charge in [0, 0.05) is 17.9 Å². The Morgan fingerprint density at radius 3 is 2.67 bits per heavy atom. The molecule has 18 heavy (non-hydrogen) atoms. The number of hydrogen-bond acceptors (Lipinski definition) is 4. The molecule has 0 fully saturated rings. The molecule has 0 saturated heterocycles. The molecule has 0 aliphatic heterocycles. The number of methoxy groups -OCH3 is 1. The van der Waals surface area contributed by atoms with Crippen LogP contribution in [0.1, 0.15) is 29.6 Å². The standard InChI is InChI=1S/C13H17NO3S/c1-17-12(15)8-4-5-9-14-13(16)10-6-2-3-7-11(10)18/h2-3,6-7,18H,4-5,8-9H2,1H3,(H,14,16). The van der Waals surface area contributed by atoms with Crippen LogP contribution in [0.3, 0.4) is 0 Å². The van der Waals surface area contributed by atoms with Gasteiger partial charge in [-0.1, -0.05) is 12.1 Å². The van der Waals surface area contributed by atoms with E-state index in [9.17, 15) is 9.59 Å². The number of hydrogen-bond donors (Lipinski definition) is 2. The van der Waals surface area contributed by atoms with E-state index in [1.807, 2.05) is 6.07 Å². The molecule has 0 aromatic heterocycles.